The molecule has 2 rings (SSSR count). The molecule has 4 N–H and O–H groups in total. The molecule has 1 aromatic rings. The second-order valence-electron chi connectivity index (χ2n) is 3.53. The van der Waals surface area contributed by atoms with Gasteiger partial charge in [0.15, 0.2) is 0 Å². The number of carbonyl (C=O) groups is 1. The highest BCUT2D eigenvalue weighted by Crippen LogP contribution is 2.18. The van der Waals surface area contributed by atoms with Gasteiger partial charge in [0.05, 0.1) is 5.56 Å². The number of nitrogens with two attached hydrogens (primary N) is 1. The highest BCUT2D eigenvalue weighted by Gasteiger charge is 2.35. The Morgan fingerprint density at radius 2 is 2.29 bits per heavy atom. The molecule has 2 atom stereocenters. The van der Waals surface area contributed by atoms with Gasteiger partial charge in [0.1, 0.15) is 0 Å². The van der Waals surface area contributed by atoms with Crippen molar-refractivity contribution in [2.75, 3.05) is 0 Å². The second-order valence-corrected chi connectivity index (χ2v) is 3.53. The molecule has 1 aliphatic rings. The molecule has 0 radical (unpaired) electrons. The SMILES string of the molecule is Cc1c[nH]cc1C(=O)NC1CC1N.Cl. The lowest BCUT2D eigenvalue weighted by Crippen LogP contribution is -2.29. The Bertz CT molecular complexity index is 337. The lowest BCUT2D eigenvalue weighted by Gasteiger charge is -2.01. The number of hydrogen-bond acceptors (Lipinski definition) is 2. The predicted molar refractivity (Wildman–Crippen MR) is 56.6 cm³/mol. The van der Waals surface area contributed by atoms with E-state index in [1.165, 1.54) is 0 Å². The van der Waals surface area contributed by atoms with E-state index < -0.39 is 0 Å². The Morgan fingerprint density at radius 3 is 2.71 bits per heavy atom. The van der Waals surface area contributed by atoms with Crippen LogP contribution in [0.15, 0.2) is 12.4 Å². The minimum Gasteiger partial charge on any atom is -0.367 e. The summed E-state index contributed by atoms with van der Waals surface area (Å²) in [6, 6.07) is 0.338. The maximum Gasteiger partial charge on any atom is 0.253 e. The normalized spacial score (nSPS) is 23.9. The van der Waals surface area contributed by atoms with Crippen molar-refractivity contribution in [2.45, 2.75) is 25.4 Å². The van der Waals surface area contributed by atoms with Crippen LogP contribution in [0, 0.1) is 6.92 Å². The van der Waals surface area contributed by atoms with E-state index in [0.717, 1.165) is 12.0 Å². The van der Waals surface area contributed by atoms with Crippen molar-refractivity contribution < 1.29 is 4.79 Å². The average Bonchev–Trinajstić information content (AvgIpc) is 2.62. The Morgan fingerprint density at radius 1 is 1.64 bits per heavy atom. The summed E-state index contributed by atoms with van der Waals surface area (Å²) in [4.78, 5) is 14.4. The summed E-state index contributed by atoms with van der Waals surface area (Å²) < 4.78 is 0. The van der Waals surface area contributed by atoms with Gasteiger partial charge in [0.25, 0.3) is 5.91 Å². The van der Waals surface area contributed by atoms with E-state index in [2.05, 4.69) is 10.3 Å². The van der Waals surface area contributed by atoms with E-state index in [1.54, 1.807) is 6.20 Å². The van der Waals surface area contributed by atoms with Crippen molar-refractivity contribution in [3.8, 4) is 0 Å². The molecule has 0 aliphatic heterocycles. The van der Waals surface area contributed by atoms with Crippen LogP contribution in [0.5, 0.6) is 0 Å². The minimum absolute atomic E-state index is 0. The van der Waals surface area contributed by atoms with E-state index in [0.29, 0.717) is 5.56 Å². The summed E-state index contributed by atoms with van der Waals surface area (Å²) in [5.74, 6) is -0.0308. The monoisotopic (exact) mass is 215 g/mol. The van der Waals surface area contributed by atoms with E-state index in [1.807, 2.05) is 13.1 Å². The van der Waals surface area contributed by atoms with Gasteiger partial charge in [-0.05, 0) is 18.9 Å². The molecule has 14 heavy (non-hydrogen) atoms. The third-order valence-electron chi connectivity index (χ3n) is 2.35. The van der Waals surface area contributed by atoms with Gasteiger partial charge >= 0.3 is 0 Å². The molecule has 0 aromatic carbocycles. The molecule has 5 heteroatoms. The third-order valence-corrected chi connectivity index (χ3v) is 2.35. The Balaban J connectivity index is 0.000000980. The summed E-state index contributed by atoms with van der Waals surface area (Å²) in [7, 11) is 0. The fourth-order valence-electron chi connectivity index (χ4n) is 1.31. The average molecular weight is 216 g/mol. The molecule has 0 saturated heterocycles. The molecule has 1 saturated carbocycles. The van der Waals surface area contributed by atoms with Crippen molar-refractivity contribution in [2.24, 2.45) is 5.73 Å². The molecule has 1 fully saturated rings. The molecule has 0 bridgehead atoms. The number of H-pyrrole nitrogens is 1. The number of aromatic amines is 1. The van der Waals surface area contributed by atoms with Crippen molar-refractivity contribution >= 4 is 18.3 Å². The molecule has 0 spiro atoms. The number of amides is 1. The topological polar surface area (TPSA) is 70.9 Å². The van der Waals surface area contributed by atoms with Gasteiger partial charge in [0, 0.05) is 24.5 Å². The Labute approximate surface area is 88.7 Å². The lowest BCUT2D eigenvalue weighted by atomic mass is 10.2. The summed E-state index contributed by atoms with van der Waals surface area (Å²) >= 11 is 0. The van der Waals surface area contributed by atoms with Gasteiger partial charge < -0.3 is 16.0 Å². The van der Waals surface area contributed by atoms with Crippen LogP contribution in [0.4, 0.5) is 0 Å². The molecule has 1 aliphatic carbocycles. The molecule has 1 aromatic heterocycles. The number of halogens is 1. The second kappa shape index (κ2) is 4.02. The molecule has 1 amide bonds. The van der Waals surface area contributed by atoms with Gasteiger partial charge in [0.2, 0.25) is 0 Å². The number of rotatable bonds is 2. The number of hydrogen-bond donors (Lipinski definition) is 3. The van der Waals surface area contributed by atoms with Gasteiger partial charge in [-0.15, -0.1) is 12.4 Å². The van der Waals surface area contributed by atoms with E-state index in [9.17, 15) is 4.79 Å². The number of aromatic nitrogens is 1. The van der Waals surface area contributed by atoms with Gasteiger partial charge in [-0.25, -0.2) is 0 Å². The fraction of sp³-hybridized carbons (Fsp3) is 0.444. The number of aryl methyl sites for hydroxylation is 1. The summed E-state index contributed by atoms with van der Waals surface area (Å²) in [6.07, 6.45) is 4.41. The zero-order valence-electron chi connectivity index (χ0n) is 7.91. The summed E-state index contributed by atoms with van der Waals surface area (Å²) in [5.41, 5.74) is 7.26. The highest BCUT2D eigenvalue weighted by atomic mass is 35.5. The molecule has 2 unspecified atom stereocenters. The standard InChI is InChI=1S/C9H13N3O.ClH/c1-5-3-11-4-6(5)9(13)12-8-2-7(8)10;/h3-4,7-8,11H,2,10H2,1H3,(H,12,13);1H. The van der Waals surface area contributed by atoms with Crippen LogP contribution in [-0.2, 0) is 0 Å². The molecule has 78 valence electrons. The number of nitrogens with one attached hydrogen (secondary N) is 2. The van der Waals surface area contributed by atoms with Crippen LogP contribution in [-0.4, -0.2) is 23.0 Å². The first kappa shape index (κ1) is 11.1. The Hall–Kier alpha value is -1.00. The van der Waals surface area contributed by atoms with Crippen LogP contribution < -0.4 is 11.1 Å². The van der Waals surface area contributed by atoms with Crippen molar-refractivity contribution in [1.29, 1.82) is 0 Å². The Kier molecular flexibility index (Phi) is 3.18. The van der Waals surface area contributed by atoms with Crippen molar-refractivity contribution in [3.05, 3.63) is 23.5 Å². The van der Waals surface area contributed by atoms with Crippen molar-refractivity contribution in [1.82, 2.24) is 10.3 Å². The first-order chi connectivity index (χ1) is 6.18. The summed E-state index contributed by atoms with van der Waals surface area (Å²) in [5, 5.41) is 2.86. The van der Waals surface area contributed by atoms with Crippen molar-refractivity contribution in [3.63, 3.8) is 0 Å². The maximum atomic E-state index is 11.5. The number of carbonyl (C=O) groups excluding carboxylic acids is 1. The first-order valence-corrected chi connectivity index (χ1v) is 4.38. The van der Waals surface area contributed by atoms with E-state index >= 15 is 0 Å². The van der Waals surface area contributed by atoms with Crippen LogP contribution in [0.2, 0.25) is 0 Å². The zero-order chi connectivity index (χ0) is 9.42. The van der Waals surface area contributed by atoms with E-state index in [4.69, 9.17) is 5.73 Å². The van der Waals surface area contributed by atoms with Crippen LogP contribution in [0.1, 0.15) is 22.3 Å². The largest absolute Gasteiger partial charge is 0.367 e. The van der Waals surface area contributed by atoms with Gasteiger partial charge in [-0.1, -0.05) is 0 Å². The molecular weight excluding hydrogens is 202 g/mol. The summed E-state index contributed by atoms with van der Waals surface area (Å²) in [6.45, 7) is 1.90. The van der Waals surface area contributed by atoms with E-state index in [-0.39, 0.29) is 30.4 Å². The van der Waals surface area contributed by atoms with Crippen LogP contribution in [0.25, 0.3) is 0 Å². The maximum absolute atomic E-state index is 11.5. The molecular formula is C9H14ClN3O. The minimum atomic E-state index is -0.0308. The quantitative estimate of drug-likeness (QED) is 0.675. The highest BCUT2D eigenvalue weighted by molar-refractivity contribution is 5.95. The van der Waals surface area contributed by atoms with Crippen LogP contribution in [0.3, 0.4) is 0 Å². The first-order valence-electron chi connectivity index (χ1n) is 4.38. The fourth-order valence-corrected chi connectivity index (χ4v) is 1.31. The smallest absolute Gasteiger partial charge is 0.253 e. The lowest BCUT2D eigenvalue weighted by molar-refractivity contribution is 0.0950. The van der Waals surface area contributed by atoms with Crippen LogP contribution >= 0.6 is 12.4 Å². The molecule has 4 nitrogen and oxygen atoms in total. The zero-order valence-corrected chi connectivity index (χ0v) is 8.73. The third kappa shape index (κ3) is 2.08. The van der Waals surface area contributed by atoms with Gasteiger partial charge in [-0.3, -0.25) is 4.79 Å². The molecule has 1 heterocycles. The van der Waals surface area contributed by atoms with Gasteiger partial charge in [-0.2, -0.15) is 0 Å². The predicted octanol–water partition coefficient (Wildman–Crippen LogP) is 0.574.